The van der Waals surface area contributed by atoms with Crippen LogP contribution in [-0.2, 0) is 17.1 Å². The van der Waals surface area contributed by atoms with Crippen LogP contribution < -0.4 is 20.5 Å². The summed E-state index contributed by atoms with van der Waals surface area (Å²) in [5.41, 5.74) is 8.84. The first-order valence-corrected chi connectivity index (χ1v) is 12.3. The molecule has 0 saturated heterocycles. The third-order valence-electron chi connectivity index (χ3n) is 5.07. The molecule has 11 nitrogen and oxygen atoms in total. The van der Waals surface area contributed by atoms with Gasteiger partial charge in [0.05, 0.1) is 18.1 Å². The molecule has 12 heteroatoms. The fourth-order valence-corrected chi connectivity index (χ4v) is 4.38. The van der Waals surface area contributed by atoms with Crippen molar-refractivity contribution < 1.29 is 13.2 Å². The van der Waals surface area contributed by atoms with Crippen LogP contribution in [-0.4, -0.2) is 46.2 Å². The van der Waals surface area contributed by atoms with Gasteiger partial charge < -0.3 is 15.8 Å². The molecule has 0 unspecified atom stereocenters. The Morgan fingerprint density at radius 1 is 1.09 bits per heavy atom. The first kappa shape index (κ1) is 24.1. The summed E-state index contributed by atoms with van der Waals surface area (Å²) in [7, 11) is -2.33. The van der Waals surface area contributed by atoms with Crippen molar-refractivity contribution in [2.75, 3.05) is 23.1 Å². The van der Waals surface area contributed by atoms with E-state index in [1.54, 1.807) is 31.4 Å². The Balaban J connectivity index is 1.71. The molecule has 1 aromatic carbocycles. The predicted octanol–water partition coefficient (Wildman–Crippen LogP) is 2.85. The van der Waals surface area contributed by atoms with Gasteiger partial charge in [-0.15, -0.1) is 0 Å². The van der Waals surface area contributed by atoms with Gasteiger partial charge in [0.2, 0.25) is 11.8 Å². The Bertz CT molecular complexity index is 1420. The number of rotatable bonds is 9. The van der Waals surface area contributed by atoms with Gasteiger partial charge in [-0.25, -0.2) is 23.1 Å². The number of hydrogen-bond acceptors (Lipinski definition) is 9. The van der Waals surface area contributed by atoms with Crippen LogP contribution >= 0.6 is 0 Å². The summed E-state index contributed by atoms with van der Waals surface area (Å²) in [5.74, 6) is 1.12. The summed E-state index contributed by atoms with van der Waals surface area (Å²) in [6, 6.07) is 11.0. The first-order chi connectivity index (χ1) is 16.7. The van der Waals surface area contributed by atoms with E-state index in [2.05, 4.69) is 30.1 Å². The van der Waals surface area contributed by atoms with Gasteiger partial charge in [0, 0.05) is 38.0 Å². The second kappa shape index (κ2) is 10.1. The van der Waals surface area contributed by atoms with Crippen LogP contribution in [0.5, 0.6) is 11.6 Å². The van der Waals surface area contributed by atoms with Gasteiger partial charge in [-0.1, -0.05) is 18.2 Å². The van der Waals surface area contributed by atoms with E-state index in [0.717, 1.165) is 16.7 Å². The highest BCUT2D eigenvalue weighted by molar-refractivity contribution is 7.92. The zero-order chi connectivity index (χ0) is 25.0. The van der Waals surface area contributed by atoms with E-state index in [4.69, 9.17) is 10.5 Å². The van der Waals surface area contributed by atoms with Crippen molar-refractivity contribution >= 4 is 21.8 Å². The minimum absolute atomic E-state index is 0.00619. The molecule has 0 amide bonds. The van der Waals surface area contributed by atoms with Crippen molar-refractivity contribution in [2.45, 2.75) is 18.7 Å². The normalized spacial score (nSPS) is 11.3. The van der Waals surface area contributed by atoms with Crippen LogP contribution in [0.3, 0.4) is 0 Å². The molecule has 0 atom stereocenters. The highest BCUT2D eigenvalue weighted by atomic mass is 32.2. The molecule has 4 rings (SSSR count). The number of nitrogens with two attached hydrogens (primary N) is 1. The number of nitrogens with zero attached hydrogens (tertiary/aromatic N) is 5. The molecular formula is C23H26N8O3S. The topological polar surface area (TPSA) is 150 Å². The molecule has 0 spiro atoms. The van der Waals surface area contributed by atoms with Crippen molar-refractivity contribution in [3.05, 3.63) is 66.1 Å². The van der Waals surface area contributed by atoms with Crippen molar-refractivity contribution in [3.8, 4) is 22.9 Å². The van der Waals surface area contributed by atoms with E-state index in [1.165, 1.54) is 17.1 Å². The van der Waals surface area contributed by atoms with E-state index in [-0.39, 0.29) is 16.7 Å². The predicted molar refractivity (Wildman–Crippen MR) is 133 cm³/mol. The lowest BCUT2D eigenvalue weighted by atomic mass is 10.00. The standard InChI is InChI=1S/C23H26N8O3S/c1-15-5-4-6-16(2)22(15)19-11-21(34-17-7-8-20(26-12-17)25-10-9-24)29-23(28-19)30-35(32,33)18-13-27-31(3)14-18/h4-8,11-14H,9-10,24H2,1-3H3,(H,25,26)(H,28,29,30). The summed E-state index contributed by atoms with van der Waals surface area (Å²) in [4.78, 5) is 13.1. The van der Waals surface area contributed by atoms with E-state index in [9.17, 15) is 8.42 Å². The summed E-state index contributed by atoms with van der Waals surface area (Å²) in [5, 5.41) is 7.00. The molecule has 3 aromatic heterocycles. The SMILES string of the molecule is Cc1cccc(C)c1-c1cc(Oc2ccc(NCCN)nc2)nc(NS(=O)(=O)c2cnn(C)c2)n1. The van der Waals surface area contributed by atoms with Gasteiger partial charge in [-0.05, 0) is 37.1 Å². The number of ether oxygens (including phenoxy) is 1. The van der Waals surface area contributed by atoms with Crippen LogP contribution in [0.4, 0.5) is 11.8 Å². The molecule has 0 radical (unpaired) electrons. The number of aromatic nitrogens is 5. The fraction of sp³-hybridized carbons (Fsp3) is 0.217. The van der Waals surface area contributed by atoms with Crippen LogP contribution in [0.15, 0.2) is 59.9 Å². The van der Waals surface area contributed by atoms with Crippen molar-refractivity contribution in [2.24, 2.45) is 12.8 Å². The number of hydrogen-bond donors (Lipinski definition) is 3. The molecule has 3 heterocycles. The van der Waals surface area contributed by atoms with Crippen LogP contribution in [0.2, 0.25) is 0 Å². The molecule has 0 aliphatic heterocycles. The first-order valence-electron chi connectivity index (χ1n) is 10.8. The quantitative estimate of drug-likeness (QED) is 0.319. The summed E-state index contributed by atoms with van der Waals surface area (Å²) >= 11 is 0. The van der Waals surface area contributed by atoms with Crippen LogP contribution in [0.25, 0.3) is 11.3 Å². The summed E-state index contributed by atoms with van der Waals surface area (Å²) < 4.78 is 35.5. The maximum absolute atomic E-state index is 12.9. The van der Waals surface area contributed by atoms with Crippen molar-refractivity contribution in [1.82, 2.24) is 24.7 Å². The average molecular weight is 495 g/mol. The molecule has 0 aliphatic carbocycles. The number of benzene rings is 1. The van der Waals surface area contributed by atoms with Gasteiger partial charge in [-0.2, -0.15) is 10.1 Å². The number of aryl methyl sites for hydroxylation is 3. The Morgan fingerprint density at radius 2 is 1.86 bits per heavy atom. The highest BCUT2D eigenvalue weighted by Crippen LogP contribution is 2.31. The van der Waals surface area contributed by atoms with Gasteiger partial charge in [0.1, 0.15) is 16.5 Å². The lowest BCUT2D eigenvalue weighted by molar-refractivity contribution is 0.461. The molecule has 0 fully saturated rings. The summed E-state index contributed by atoms with van der Waals surface area (Å²) in [6.45, 7) is 5.00. The maximum atomic E-state index is 12.9. The van der Waals surface area contributed by atoms with Crippen molar-refractivity contribution in [3.63, 3.8) is 0 Å². The lowest BCUT2D eigenvalue weighted by Crippen LogP contribution is -2.15. The van der Waals surface area contributed by atoms with Crippen LogP contribution in [0.1, 0.15) is 11.1 Å². The van der Waals surface area contributed by atoms with E-state index < -0.39 is 10.0 Å². The van der Waals surface area contributed by atoms with Crippen LogP contribution in [0, 0.1) is 13.8 Å². The van der Waals surface area contributed by atoms with Gasteiger partial charge >= 0.3 is 0 Å². The Hall–Kier alpha value is -4.03. The lowest BCUT2D eigenvalue weighted by Gasteiger charge is -2.13. The molecule has 0 bridgehead atoms. The Labute approximate surface area is 203 Å². The van der Waals surface area contributed by atoms with Gasteiger partial charge in [-0.3, -0.25) is 4.68 Å². The van der Waals surface area contributed by atoms with E-state index in [0.29, 0.717) is 30.4 Å². The second-order valence-corrected chi connectivity index (χ2v) is 9.52. The highest BCUT2D eigenvalue weighted by Gasteiger charge is 2.20. The Morgan fingerprint density at radius 3 is 2.49 bits per heavy atom. The third kappa shape index (κ3) is 5.73. The van der Waals surface area contributed by atoms with Gasteiger partial charge in [0.25, 0.3) is 10.0 Å². The Kier molecular flexibility index (Phi) is 6.94. The second-order valence-electron chi connectivity index (χ2n) is 7.83. The number of anilines is 2. The average Bonchev–Trinajstić information content (AvgIpc) is 3.25. The zero-order valence-electron chi connectivity index (χ0n) is 19.6. The molecule has 0 saturated carbocycles. The maximum Gasteiger partial charge on any atom is 0.267 e. The van der Waals surface area contributed by atoms with E-state index in [1.807, 2.05) is 32.0 Å². The fourth-order valence-electron chi connectivity index (χ4n) is 3.45. The molecule has 4 aromatic rings. The smallest absolute Gasteiger partial charge is 0.267 e. The molecule has 182 valence electrons. The van der Waals surface area contributed by atoms with Crippen molar-refractivity contribution in [1.29, 1.82) is 0 Å². The number of nitrogens with one attached hydrogen (secondary N) is 2. The minimum Gasteiger partial charge on any atom is -0.437 e. The molecule has 4 N–H and O–H groups in total. The molecular weight excluding hydrogens is 468 g/mol. The number of sulfonamides is 1. The molecule has 0 aliphatic rings. The minimum atomic E-state index is -3.96. The monoisotopic (exact) mass is 494 g/mol. The third-order valence-corrected chi connectivity index (χ3v) is 6.35. The molecule has 35 heavy (non-hydrogen) atoms. The van der Waals surface area contributed by atoms with E-state index >= 15 is 0 Å². The largest absolute Gasteiger partial charge is 0.437 e. The number of pyridine rings is 1. The van der Waals surface area contributed by atoms with Gasteiger partial charge in [0.15, 0.2) is 0 Å². The zero-order valence-corrected chi connectivity index (χ0v) is 20.4. The summed E-state index contributed by atoms with van der Waals surface area (Å²) in [6.07, 6.45) is 4.18.